The molecule has 3 aromatic rings. The largest absolute Gasteiger partial charge is 0.388 e. The number of carbonyl (C=O) groups excluding carboxylic acids is 1. The Hall–Kier alpha value is -3.63. The molecule has 3 heterocycles. The summed E-state index contributed by atoms with van der Waals surface area (Å²) in [5.41, 5.74) is 7.42. The number of hydrogen-bond acceptors (Lipinski definition) is 9. The van der Waals surface area contributed by atoms with Gasteiger partial charge in [0.05, 0.1) is 20.0 Å². The second kappa shape index (κ2) is 9.08. The van der Waals surface area contributed by atoms with Gasteiger partial charge in [0.2, 0.25) is 11.7 Å². The molecule has 0 radical (unpaired) electrons. The Labute approximate surface area is 187 Å². The highest BCUT2D eigenvalue weighted by Crippen LogP contribution is 2.38. The van der Waals surface area contributed by atoms with Crippen molar-refractivity contribution in [2.24, 2.45) is 5.73 Å². The molecule has 4 rings (SSSR count). The lowest BCUT2D eigenvalue weighted by atomic mass is 9.98. The van der Waals surface area contributed by atoms with Gasteiger partial charge in [0.1, 0.15) is 18.0 Å². The SMILES string of the molecule is CONc1nc(C#Cc2ccc(F)cc2)nc2c1ncn2[C@@]1(CCC(N)=O)OC[C@@H](O)[C@@H]1O. The van der Waals surface area contributed by atoms with E-state index in [4.69, 9.17) is 15.3 Å². The fourth-order valence-corrected chi connectivity index (χ4v) is 3.62. The number of nitrogens with one attached hydrogen (secondary N) is 1. The maximum Gasteiger partial charge on any atom is 0.217 e. The number of rotatable bonds is 6. The lowest BCUT2D eigenvalue weighted by Crippen LogP contribution is -2.46. The molecule has 3 atom stereocenters. The van der Waals surface area contributed by atoms with Gasteiger partial charge in [-0.1, -0.05) is 5.92 Å². The van der Waals surface area contributed by atoms with Crippen molar-refractivity contribution in [3.63, 3.8) is 0 Å². The van der Waals surface area contributed by atoms with Crippen LogP contribution < -0.4 is 11.2 Å². The first kappa shape index (κ1) is 22.6. The predicted octanol–water partition coefficient (Wildman–Crippen LogP) is 0.00880. The molecule has 0 bridgehead atoms. The Bertz CT molecular complexity index is 1240. The average molecular weight is 456 g/mol. The summed E-state index contributed by atoms with van der Waals surface area (Å²) in [4.78, 5) is 29.5. The van der Waals surface area contributed by atoms with Crippen LogP contribution in [0.2, 0.25) is 0 Å². The van der Waals surface area contributed by atoms with Crippen molar-refractivity contribution in [1.29, 1.82) is 0 Å². The zero-order valence-corrected chi connectivity index (χ0v) is 17.5. The first-order valence-electron chi connectivity index (χ1n) is 9.94. The molecule has 11 nitrogen and oxygen atoms in total. The Kier molecular flexibility index (Phi) is 6.21. The second-order valence-corrected chi connectivity index (χ2v) is 7.38. The van der Waals surface area contributed by atoms with Gasteiger partial charge in [-0.25, -0.2) is 19.8 Å². The average Bonchev–Trinajstić information content (AvgIpc) is 3.35. The molecule has 1 amide bonds. The van der Waals surface area contributed by atoms with Crippen molar-refractivity contribution in [3.8, 4) is 11.8 Å². The molecule has 0 spiro atoms. The number of aromatic nitrogens is 4. The quantitative estimate of drug-likeness (QED) is 0.296. The zero-order chi connectivity index (χ0) is 23.6. The van der Waals surface area contributed by atoms with E-state index >= 15 is 0 Å². The zero-order valence-electron chi connectivity index (χ0n) is 17.5. The van der Waals surface area contributed by atoms with E-state index in [1.54, 1.807) is 0 Å². The predicted molar refractivity (Wildman–Crippen MR) is 113 cm³/mol. The molecule has 1 aliphatic rings. The van der Waals surface area contributed by atoms with Crippen molar-refractivity contribution in [2.45, 2.75) is 30.8 Å². The number of fused-ring (bicyclic) bond motifs is 1. The minimum Gasteiger partial charge on any atom is -0.388 e. The molecule has 1 saturated heterocycles. The number of benzene rings is 1. The smallest absolute Gasteiger partial charge is 0.217 e. The Morgan fingerprint density at radius 3 is 2.76 bits per heavy atom. The van der Waals surface area contributed by atoms with Crippen LogP contribution in [0, 0.1) is 17.7 Å². The van der Waals surface area contributed by atoms with E-state index in [0.717, 1.165) is 0 Å². The topological polar surface area (TPSA) is 158 Å². The van der Waals surface area contributed by atoms with Crippen LogP contribution in [0.15, 0.2) is 30.6 Å². The number of aliphatic hydroxyl groups is 2. The maximum atomic E-state index is 13.1. The first-order chi connectivity index (χ1) is 15.8. The fourth-order valence-electron chi connectivity index (χ4n) is 3.62. The van der Waals surface area contributed by atoms with E-state index in [0.29, 0.717) is 5.56 Å². The van der Waals surface area contributed by atoms with E-state index in [1.165, 1.54) is 42.3 Å². The summed E-state index contributed by atoms with van der Waals surface area (Å²) < 4.78 is 20.4. The number of amides is 1. The number of primary amides is 1. The first-order valence-corrected chi connectivity index (χ1v) is 9.94. The highest BCUT2D eigenvalue weighted by atomic mass is 19.1. The van der Waals surface area contributed by atoms with Crippen LogP contribution in [0.25, 0.3) is 11.2 Å². The number of nitrogens with two attached hydrogens (primary N) is 1. The van der Waals surface area contributed by atoms with Crippen LogP contribution in [0.1, 0.15) is 24.2 Å². The molecule has 0 unspecified atom stereocenters. The Morgan fingerprint density at radius 1 is 1.36 bits per heavy atom. The number of halogens is 1. The minimum atomic E-state index is -1.54. The minimum absolute atomic E-state index is 0.0281. The highest BCUT2D eigenvalue weighted by Gasteiger charge is 2.51. The maximum absolute atomic E-state index is 13.1. The van der Waals surface area contributed by atoms with Gasteiger partial charge in [0.25, 0.3) is 0 Å². The van der Waals surface area contributed by atoms with Gasteiger partial charge in [-0.2, -0.15) is 4.98 Å². The number of hydrogen-bond donors (Lipinski definition) is 4. The monoisotopic (exact) mass is 456 g/mol. The molecule has 2 aromatic heterocycles. The van der Waals surface area contributed by atoms with Gasteiger partial charge >= 0.3 is 0 Å². The number of carbonyl (C=O) groups is 1. The van der Waals surface area contributed by atoms with Crippen molar-refractivity contribution < 1.29 is 29.0 Å². The third kappa shape index (κ3) is 4.35. The molecule has 172 valence electrons. The van der Waals surface area contributed by atoms with Crippen molar-refractivity contribution in [2.75, 3.05) is 19.2 Å². The summed E-state index contributed by atoms with van der Waals surface area (Å²) >= 11 is 0. The Balaban J connectivity index is 1.84. The van der Waals surface area contributed by atoms with E-state index in [2.05, 4.69) is 32.3 Å². The molecule has 1 aliphatic heterocycles. The molecule has 33 heavy (non-hydrogen) atoms. The van der Waals surface area contributed by atoms with E-state index < -0.39 is 23.8 Å². The fraction of sp³-hybridized carbons (Fsp3) is 0.333. The normalized spacial score (nSPS) is 22.2. The molecule has 12 heteroatoms. The number of ether oxygens (including phenoxy) is 1. The third-order valence-electron chi connectivity index (χ3n) is 5.23. The van der Waals surface area contributed by atoms with E-state index in [1.807, 2.05) is 0 Å². The molecule has 5 N–H and O–H groups in total. The molecular formula is C21H21FN6O5. The van der Waals surface area contributed by atoms with Gasteiger partial charge in [-0.3, -0.25) is 14.2 Å². The number of aliphatic hydroxyl groups excluding tert-OH is 2. The van der Waals surface area contributed by atoms with Crippen molar-refractivity contribution in [3.05, 3.63) is 47.8 Å². The van der Waals surface area contributed by atoms with Crippen molar-refractivity contribution >= 4 is 22.9 Å². The molecule has 1 fully saturated rings. The summed E-state index contributed by atoms with van der Waals surface area (Å²) in [6.07, 6.45) is -1.35. The van der Waals surface area contributed by atoms with E-state index in [9.17, 15) is 19.4 Å². The summed E-state index contributed by atoms with van der Waals surface area (Å²) in [6.45, 7) is -0.162. The van der Waals surface area contributed by atoms with Crippen LogP contribution in [0.3, 0.4) is 0 Å². The summed E-state index contributed by atoms with van der Waals surface area (Å²) in [5.74, 6) is 4.94. The molecule has 1 aromatic carbocycles. The molecule has 0 saturated carbocycles. The highest BCUT2D eigenvalue weighted by molar-refractivity contribution is 5.83. The van der Waals surface area contributed by atoms with E-state index in [-0.39, 0.29) is 48.1 Å². The van der Waals surface area contributed by atoms with Gasteiger partial charge in [0.15, 0.2) is 22.7 Å². The van der Waals surface area contributed by atoms with Crippen molar-refractivity contribution in [1.82, 2.24) is 19.5 Å². The van der Waals surface area contributed by atoms with Crippen LogP contribution in [-0.4, -0.2) is 61.6 Å². The standard InChI is InChI=1S/C21H21FN6O5/c1-32-27-19-17-20(26-16(25-19)7-4-12-2-5-13(22)6-3-12)28(11-24-17)21(9-8-15(23)30)18(31)14(29)10-33-21/h2-3,5-6,11,14,18,29,31H,8-10H2,1H3,(H2,23,30)(H,25,26,27)/t14-,18+,21+/m1/s1. The van der Waals surface area contributed by atoms with Crippen LogP contribution in [0.4, 0.5) is 10.2 Å². The van der Waals surface area contributed by atoms with Gasteiger partial charge < -0.3 is 20.7 Å². The number of anilines is 1. The Morgan fingerprint density at radius 2 is 2.12 bits per heavy atom. The van der Waals surface area contributed by atoms with Gasteiger partial charge in [0, 0.05) is 18.4 Å². The number of nitrogens with zero attached hydrogens (tertiary/aromatic N) is 4. The van der Waals surface area contributed by atoms with Crippen LogP contribution >= 0.6 is 0 Å². The third-order valence-corrected chi connectivity index (χ3v) is 5.23. The second-order valence-electron chi connectivity index (χ2n) is 7.38. The molecule has 0 aliphatic carbocycles. The number of imidazole rings is 1. The summed E-state index contributed by atoms with van der Waals surface area (Å²) in [7, 11) is 1.39. The summed E-state index contributed by atoms with van der Waals surface area (Å²) in [5, 5.41) is 20.9. The summed E-state index contributed by atoms with van der Waals surface area (Å²) in [6, 6.07) is 5.60. The van der Waals surface area contributed by atoms with Gasteiger partial charge in [-0.15, -0.1) is 0 Å². The molecular weight excluding hydrogens is 435 g/mol. The van der Waals surface area contributed by atoms with Gasteiger partial charge in [-0.05, 0) is 30.2 Å². The lowest BCUT2D eigenvalue weighted by molar-refractivity contribution is -0.136. The lowest BCUT2D eigenvalue weighted by Gasteiger charge is -2.33. The van der Waals surface area contributed by atoms with Crippen LogP contribution in [-0.2, 0) is 20.1 Å². The van der Waals surface area contributed by atoms with Crippen LogP contribution in [0.5, 0.6) is 0 Å².